The second kappa shape index (κ2) is 8.74. The zero-order valence-electron chi connectivity index (χ0n) is 14.4. The summed E-state index contributed by atoms with van der Waals surface area (Å²) in [6, 6.07) is 4.36. The molecule has 140 valence electrons. The maximum absolute atomic E-state index is 12.3. The normalized spacial score (nSPS) is 11.0. The largest absolute Gasteiger partial charge is 0.493 e. The Morgan fingerprint density at radius 2 is 2.00 bits per heavy atom. The molecule has 0 fully saturated rings. The Morgan fingerprint density at radius 1 is 1.23 bits per heavy atom. The van der Waals surface area contributed by atoms with E-state index in [-0.39, 0.29) is 24.1 Å². The highest BCUT2D eigenvalue weighted by Gasteiger charge is 2.10. The fraction of sp³-hybridized carbons (Fsp3) is 0.333. The van der Waals surface area contributed by atoms with E-state index < -0.39 is 6.61 Å². The van der Waals surface area contributed by atoms with Crippen LogP contribution in [0.2, 0.25) is 0 Å². The van der Waals surface area contributed by atoms with Crippen LogP contribution in [-0.4, -0.2) is 49.0 Å². The second-order valence-electron chi connectivity index (χ2n) is 5.10. The first-order valence-electron chi connectivity index (χ1n) is 7.35. The topological polar surface area (TPSA) is 108 Å². The van der Waals surface area contributed by atoms with E-state index in [0.717, 1.165) is 0 Å². The summed E-state index contributed by atoms with van der Waals surface area (Å²) in [6.07, 6.45) is 1.38. The molecule has 0 aliphatic carbocycles. The minimum Gasteiger partial charge on any atom is -0.493 e. The Morgan fingerprint density at radius 3 is 2.65 bits per heavy atom. The number of alkyl halides is 2. The molecule has 0 aliphatic heterocycles. The molecule has 0 aliphatic rings. The van der Waals surface area contributed by atoms with E-state index in [1.165, 1.54) is 31.5 Å². The Labute approximate surface area is 148 Å². The van der Waals surface area contributed by atoms with Gasteiger partial charge < -0.3 is 24.9 Å². The molecule has 0 saturated heterocycles. The molecule has 2 rings (SSSR count). The second-order valence-corrected chi connectivity index (χ2v) is 5.10. The fourth-order valence-corrected chi connectivity index (χ4v) is 1.84. The Kier molecular flexibility index (Phi) is 6.42. The van der Waals surface area contributed by atoms with Crippen molar-refractivity contribution in [2.24, 2.45) is 5.16 Å². The lowest BCUT2D eigenvalue weighted by molar-refractivity contribution is -0.0512. The SMILES string of the molecule is COc1cc(C=NOCc2nc(N)nc(N(C)C)n2)ccc1OC(F)F. The molecule has 2 N–H and O–H groups in total. The number of anilines is 2. The lowest BCUT2D eigenvalue weighted by atomic mass is 10.2. The molecule has 0 amide bonds. The number of hydrogen-bond donors (Lipinski definition) is 1. The van der Waals surface area contributed by atoms with E-state index in [2.05, 4.69) is 24.8 Å². The van der Waals surface area contributed by atoms with Crippen molar-refractivity contribution >= 4 is 18.1 Å². The van der Waals surface area contributed by atoms with Crippen LogP contribution in [0.4, 0.5) is 20.7 Å². The number of nitrogens with two attached hydrogens (primary N) is 1. The van der Waals surface area contributed by atoms with Crippen LogP contribution in [0.25, 0.3) is 0 Å². The third kappa shape index (κ3) is 5.40. The van der Waals surface area contributed by atoms with Crippen molar-refractivity contribution in [1.82, 2.24) is 15.0 Å². The first-order valence-corrected chi connectivity index (χ1v) is 7.35. The predicted octanol–water partition coefficient (Wildman–Crippen LogP) is 1.68. The summed E-state index contributed by atoms with van der Waals surface area (Å²) in [6.45, 7) is -2.96. The van der Waals surface area contributed by atoms with Gasteiger partial charge in [0.05, 0.1) is 13.3 Å². The molecular weight excluding hydrogens is 350 g/mol. The average Bonchev–Trinajstić information content (AvgIpc) is 2.58. The smallest absolute Gasteiger partial charge is 0.387 e. The average molecular weight is 368 g/mol. The van der Waals surface area contributed by atoms with Gasteiger partial charge in [-0.05, 0) is 18.2 Å². The minimum atomic E-state index is -2.94. The van der Waals surface area contributed by atoms with Gasteiger partial charge in [0.15, 0.2) is 23.9 Å². The number of aromatic nitrogens is 3. The first kappa shape index (κ1) is 19.1. The van der Waals surface area contributed by atoms with Crippen LogP contribution in [-0.2, 0) is 11.4 Å². The van der Waals surface area contributed by atoms with Gasteiger partial charge in [-0.15, -0.1) is 0 Å². The number of hydrogen-bond acceptors (Lipinski definition) is 9. The van der Waals surface area contributed by atoms with Crippen LogP contribution in [0.1, 0.15) is 11.4 Å². The fourth-order valence-electron chi connectivity index (χ4n) is 1.84. The molecule has 0 bridgehead atoms. The zero-order chi connectivity index (χ0) is 19.1. The van der Waals surface area contributed by atoms with Gasteiger partial charge >= 0.3 is 6.61 Å². The van der Waals surface area contributed by atoms with Crippen LogP contribution >= 0.6 is 0 Å². The molecule has 0 radical (unpaired) electrons. The number of halogens is 2. The number of nitrogen functional groups attached to an aromatic ring is 1. The lowest BCUT2D eigenvalue weighted by Crippen LogP contribution is -2.16. The highest BCUT2D eigenvalue weighted by atomic mass is 19.3. The minimum absolute atomic E-state index is 0.0201. The summed E-state index contributed by atoms with van der Waals surface area (Å²) in [4.78, 5) is 18.9. The van der Waals surface area contributed by atoms with E-state index in [1.807, 2.05) is 0 Å². The van der Waals surface area contributed by atoms with Gasteiger partial charge in [-0.1, -0.05) is 5.16 Å². The summed E-state index contributed by atoms with van der Waals surface area (Å²) in [7, 11) is 4.89. The summed E-state index contributed by atoms with van der Waals surface area (Å²) < 4.78 is 34.0. The van der Waals surface area contributed by atoms with Gasteiger partial charge in [0.2, 0.25) is 11.9 Å². The molecule has 0 spiro atoms. The van der Waals surface area contributed by atoms with Gasteiger partial charge in [-0.3, -0.25) is 0 Å². The number of benzene rings is 1. The summed E-state index contributed by atoms with van der Waals surface area (Å²) in [5.74, 6) is 0.870. The van der Waals surface area contributed by atoms with Gasteiger partial charge in [-0.2, -0.15) is 23.7 Å². The monoisotopic (exact) mass is 368 g/mol. The van der Waals surface area contributed by atoms with E-state index in [9.17, 15) is 8.78 Å². The van der Waals surface area contributed by atoms with E-state index in [4.69, 9.17) is 15.3 Å². The maximum Gasteiger partial charge on any atom is 0.387 e. The van der Waals surface area contributed by atoms with E-state index in [0.29, 0.717) is 17.3 Å². The predicted molar refractivity (Wildman–Crippen MR) is 90.6 cm³/mol. The maximum atomic E-state index is 12.3. The van der Waals surface area contributed by atoms with Crippen molar-refractivity contribution < 1.29 is 23.1 Å². The molecule has 1 aromatic heterocycles. The highest BCUT2D eigenvalue weighted by molar-refractivity contribution is 5.80. The van der Waals surface area contributed by atoms with Gasteiger partial charge in [0, 0.05) is 19.7 Å². The third-order valence-electron chi connectivity index (χ3n) is 2.96. The van der Waals surface area contributed by atoms with Crippen molar-refractivity contribution in [3.63, 3.8) is 0 Å². The number of oxime groups is 1. The van der Waals surface area contributed by atoms with Crippen LogP contribution in [0.15, 0.2) is 23.4 Å². The van der Waals surface area contributed by atoms with Crippen LogP contribution in [0, 0.1) is 0 Å². The number of methoxy groups -OCH3 is 1. The quantitative estimate of drug-likeness (QED) is 0.554. The molecule has 11 heteroatoms. The zero-order valence-corrected chi connectivity index (χ0v) is 14.4. The van der Waals surface area contributed by atoms with Crippen molar-refractivity contribution in [1.29, 1.82) is 0 Å². The van der Waals surface area contributed by atoms with Crippen LogP contribution in [0.3, 0.4) is 0 Å². The molecule has 1 heterocycles. The highest BCUT2D eigenvalue weighted by Crippen LogP contribution is 2.28. The standard InChI is InChI=1S/C15H18F2N6O3/c1-23(2)15-21-12(20-14(18)22-15)8-25-19-7-9-4-5-10(26-13(16)17)11(6-9)24-3/h4-7,13H,8H2,1-3H3,(H2,18,20,21,22). The Bertz CT molecular complexity index is 773. The Balaban J connectivity index is 2.00. The lowest BCUT2D eigenvalue weighted by Gasteiger charge is -2.11. The molecule has 0 unspecified atom stereocenters. The molecule has 9 nitrogen and oxygen atoms in total. The van der Waals surface area contributed by atoms with E-state index >= 15 is 0 Å². The molecule has 0 atom stereocenters. The number of rotatable bonds is 8. The van der Waals surface area contributed by atoms with Crippen molar-refractivity contribution in [3.8, 4) is 11.5 Å². The van der Waals surface area contributed by atoms with Gasteiger partial charge in [0.1, 0.15) is 0 Å². The van der Waals surface area contributed by atoms with Crippen LogP contribution < -0.4 is 20.1 Å². The van der Waals surface area contributed by atoms with Crippen molar-refractivity contribution in [2.45, 2.75) is 13.2 Å². The molecule has 1 aromatic carbocycles. The molecule has 0 saturated carbocycles. The third-order valence-corrected chi connectivity index (χ3v) is 2.96. The van der Waals surface area contributed by atoms with Crippen molar-refractivity contribution in [2.75, 3.05) is 31.8 Å². The van der Waals surface area contributed by atoms with E-state index in [1.54, 1.807) is 19.0 Å². The molecular formula is C15H18F2N6O3. The number of ether oxygens (including phenoxy) is 2. The van der Waals surface area contributed by atoms with Gasteiger partial charge in [-0.25, -0.2) is 0 Å². The molecule has 26 heavy (non-hydrogen) atoms. The first-order chi connectivity index (χ1) is 12.4. The summed E-state index contributed by atoms with van der Waals surface area (Å²) in [5, 5.41) is 3.78. The summed E-state index contributed by atoms with van der Waals surface area (Å²) in [5.41, 5.74) is 6.17. The van der Waals surface area contributed by atoms with Crippen molar-refractivity contribution in [3.05, 3.63) is 29.6 Å². The van der Waals surface area contributed by atoms with Crippen LogP contribution in [0.5, 0.6) is 11.5 Å². The summed E-state index contributed by atoms with van der Waals surface area (Å²) >= 11 is 0. The Hall–Kier alpha value is -3.24. The molecule has 2 aromatic rings. The number of nitrogens with zero attached hydrogens (tertiary/aromatic N) is 5. The van der Waals surface area contributed by atoms with Gasteiger partial charge in [0.25, 0.3) is 0 Å².